The lowest BCUT2D eigenvalue weighted by Gasteiger charge is -2.04. The monoisotopic (exact) mass is 346 g/mol. The lowest BCUT2D eigenvalue weighted by atomic mass is 10.1. The van der Waals surface area contributed by atoms with Gasteiger partial charge in [-0.15, -0.1) is 0 Å². The number of nitrogens with zero attached hydrogens (tertiary/aromatic N) is 3. The molecule has 0 radical (unpaired) electrons. The molecule has 0 unspecified atom stereocenters. The van der Waals surface area contributed by atoms with Gasteiger partial charge in [-0.1, -0.05) is 30.3 Å². The molecular weight excluding hydrogens is 328 g/mol. The second-order valence-electron chi connectivity index (χ2n) is 5.79. The summed E-state index contributed by atoms with van der Waals surface area (Å²) in [6.07, 6.45) is 5.33. The van der Waals surface area contributed by atoms with E-state index >= 15 is 0 Å². The van der Waals surface area contributed by atoms with E-state index in [1.807, 2.05) is 36.5 Å². The Morgan fingerprint density at radius 2 is 2.17 bits per heavy atom. The molecule has 1 amide bonds. The minimum absolute atomic E-state index is 0.0705. The Labute approximate surface area is 140 Å². The number of rotatable bonds is 5. The van der Waals surface area contributed by atoms with Crippen molar-refractivity contribution in [2.24, 2.45) is 11.0 Å². The predicted molar refractivity (Wildman–Crippen MR) is 90.3 cm³/mol. The summed E-state index contributed by atoms with van der Waals surface area (Å²) in [6, 6.07) is 9.94. The highest BCUT2D eigenvalue weighted by atomic mass is 32.2. The van der Waals surface area contributed by atoms with E-state index in [2.05, 4.69) is 15.6 Å². The molecule has 8 heteroatoms. The highest BCUT2D eigenvalue weighted by molar-refractivity contribution is 7.91. The number of benzene rings is 1. The number of carbonyl (C=O) groups is 1. The Balaban J connectivity index is 1.53. The Morgan fingerprint density at radius 1 is 1.38 bits per heavy atom. The maximum atomic E-state index is 11.9. The van der Waals surface area contributed by atoms with Gasteiger partial charge in [0.2, 0.25) is 5.91 Å². The molecule has 1 N–H and O–H groups in total. The second-order valence-corrected chi connectivity index (χ2v) is 8.02. The molecule has 3 rings (SSSR count). The van der Waals surface area contributed by atoms with E-state index in [0.717, 1.165) is 11.1 Å². The molecule has 7 nitrogen and oxygen atoms in total. The number of aromatic nitrogens is 2. The first kappa shape index (κ1) is 16.4. The summed E-state index contributed by atoms with van der Waals surface area (Å²) in [6.45, 7) is 0.654. The third kappa shape index (κ3) is 4.29. The summed E-state index contributed by atoms with van der Waals surface area (Å²) in [5, 5.41) is 8.12. The second kappa shape index (κ2) is 6.96. The third-order valence-electron chi connectivity index (χ3n) is 3.83. The fourth-order valence-corrected chi connectivity index (χ4v) is 4.31. The van der Waals surface area contributed by atoms with Crippen LogP contribution in [0.15, 0.2) is 47.8 Å². The quantitative estimate of drug-likeness (QED) is 0.640. The summed E-state index contributed by atoms with van der Waals surface area (Å²) >= 11 is 0. The van der Waals surface area contributed by atoms with Crippen molar-refractivity contribution in [3.8, 4) is 0 Å². The van der Waals surface area contributed by atoms with E-state index in [-0.39, 0.29) is 17.4 Å². The van der Waals surface area contributed by atoms with E-state index in [1.54, 1.807) is 10.9 Å². The number of sulfone groups is 1. The smallest absolute Gasteiger partial charge is 0.244 e. The third-order valence-corrected chi connectivity index (χ3v) is 5.60. The normalized spacial score (nSPS) is 19.6. The van der Waals surface area contributed by atoms with Crippen LogP contribution in [-0.4, -0.2) is 41.8 Å². The first-order chi connectivity index (χ1) is 11.5. The summed E-state index contributed by atoms with van der Waals surface area (Å²) < 4.78 is 24.5. The van der Waals surface area contributed by atoms with Crippen LogP contribution in [0.25, 0.3) is 0 Å². The Kier molecular flexibility index (Phi) is 4.75. The van der Waals surface area contributed by atoms with Crippen molar-refractivity contribution >= 4 is 22.0 Å². The molecule has 1 aliphatic heterocycles. The average Bonchev–Trinajstić information content (AvgIpc) is 3.14. The number of nitrogens with one attached hydrogen (secondary N) is 1. The van der Waals surface area contributed by atoms with Crippen molar-refractivity contribution < 1.29 is 13.2 Å². The topological polar surface area (TPSA) is 93.4 Å². The van der Waals surface area contributed by atoms with Crippen LogP contribution in [0.2, 0.25) is 0 Å². The molecule has 1 fully saturated rings. The molecule has 24 heavy (non-hydrogen) atoms. The molecule has 1 saturated heterocycles. The SMILES string of the molecule is O=C(N/N=C\c1cnn(Cc2ccccc2)c1)[C@@H]1CCS(=O)(=O)C1. The fraction of sp³-hybridized carbons (Fsp3) is 0.312. The van der Waals surface area contributed by atoms with E-state index in [0.29, 0.717) is 13.0 Å². The van der Waals surface area contributed by atoms with Crippen LogP contribution < -0.4 is 5.43 Å². The molecule has 0 spiro atoms. The maximum absolute atomic E-state index is 11.9. The zero-order valence-corrected chi connectivity index (χ0v) is 13.8. The zero-order valence-electron chi connectivity index (χ0n) is 13.0. The summed E-state index contributed by atoms with van der Waals surface area (Å²) in [5.41, 5.74) is 4.29. The van der Waals surface area contributed by atoms with Crippen LogP contribution in [0.4, 0.5) is 0 Å². The van der Waals surface area contributed by atoms with E-state index in [9.17, 15) is 13.2 Å². The van der Waals surface area contributed by atoms with E-state index in [4.69, 9.17) is 0 Å². The van der Waals surface area contributed by atoms with Crippen LogP contribution in [0.1, 0.15) is 17.5 Å². The molecule has 1 aliphatic rings. The Bertz CT molecular complexity index is 843. The lowest BCUT2D eigenvalue weighted by molar-refractivity contribution is -0.124. The molecule has 0 bridgehead atoms. The van der Waals surface area contributed by atoms with Crippen LogP contribution in [-0.2, 0) is 21.2 Å². The van der Waals surface area contributed by atoms with Gasteiger partial charge in [0, 0.05) is 11.8 Å². The first-order valence-corrected chi connectivity index (χ1v) is 9.44. The summed E-state index contributed by atoms with van der Waals surface area (Å²) in [4.78, 5) is 11.9. The molecule has 2 heterocycles. The van der Waals surface area contributed by atoms with Gasteiger partial charge in [-0.3, -0.25) is 9.48 Å². The molecule has 1 atom stereocenters. The van der Waals surface area contributed by atoms with Gasteiger partial charge in [0.25, 0.3) is 0 Å². The number of hydrazone groups is 1. The average molecular weight is 346 g/mol. The molecule has 1 aromatic carbocycles. The van der Waals surface area contributed by atoms with Crippen LogP contribution in [0.3, 0.4) is 0 Å². The summed E-state index contributed by atoms with van der Waals surface area (Å²) in [5.74, 6) is -0.887. The van der Waals surface area contributed by atoms with E-state index < -0.39 is 15.8 Å². The lowest BCUT2D eigenvalue weighted by Crippen LogP contribution is -2.27. The number of hydrogen-bond donors (Lipinski definition) is 1. The van der Waals surface area contributed by atoms with Gasteiger partial charge in [0.1, 0.15) is 0 Å². The van der Waals surface area contributed by atoms with Gasteiger partial charge in [-0.25, -0.2) is 13.8 Å². The van der Waals surface area contributed by atoms with Crippen molar-refractivity contribution in [2.45, 2.75) is 13.0 Å². The molecule has 0 saturated carbocycles. The minimum Gasteiger partial charge on any atom is -0.273 e. The van der Waals surface area contributed by atoms with Gasteiger partial charge in [-0.2, -0.15) is 10.2 Å². The van der Waals surface area contributed by atoms with Crippen molar-refractivity contribution in [1.82, 2.24) is 15.2 Å². The van der Waals surface area contributed by atoms with Gasteiger partial charge in [0.15, 0.2) is 9.84 Å². The van der Waals surface area contributed by atoms with Gasteiger partial charge in [-0.05, 0) is 12.0 Å². The van der Waals surface area contributed by atoms with Gasteiger partial charge in [0.05, 0.1) is 36.4 Å². The van der Waals surface area contributed by atoms with Crippen molar-refractivity contribution in [3.05, 3.63) is 53.9 Å². The van der Waals surface area contributed by atoms with Crippen LogP contribution in [0, 0.1) is 5.92 Å². The Hall–Kier alpha value is -2.48. The maximum Gasteiger partial charge on any atom is 0.244 e. The molecule has 2 aromatic rings. The van der Waals surface area contributed by atoms with Crippen LogP contribution in [0.5, 0.6) is 0 Å². The largest absolute Gasteiger partial charge is 0.273 e. The molecule has 0 aliphatic carbocycles. The Morgan fingerprint density at radius 3 is 2.88 bits per heavy atom. The zero-order chi connectivity index (χ0) is 17.0. The number of hydrogen-bond acceptors (Lipinski definition) is 5. The van der Waals surface area contributed by atoms with Crippen LogP contribution >= 0.6 is 0 Å². The standard InChI is InChI=1S/C16H18N4O3S/c21-16(15-6-7-24(22,23)12-15)19-17-8-14-9-18-20(11-14)10-13-4-2-1-3-5-13/h1-5,8-9,11,15H,6-7,10,12H2,(H,19,21)/b17-8-/t15-/m1/s1. The van der Waals surface area contributed by atoms with Crippen molar-refractivity contribution in [3.63, 3.8) is 0 Å². The molecule has 1 aromatic heterocycles. The van der Waals surface area contributed by atoms with Crippen molar-refractivity contribution in [1.29, 1.82) is 0 Å². The number of carbonyl (C=O) groups excluding carboxylic acids is 1. The minimum atomic E-state index is -3.07. The van der Waals surface area contributed by atoms with Gasteiger partial charge >= 0.3 is 0 Å². The van der Waals surface area contributed by atoms with Crippen molar-refractivity contribution in [2.75, 3.05) is 11.5 Å². The molecular formula is C16H18N4O3S. The highest BCUT2D eigenvalue weighted by Gasteiger charge is 2.32. The first-order valence-electron chi connectivity index (χ1n) is 7.61. The van der Waals surface area contributed by atoms with Gasteiger partial charge < -0.3 is 0 Å². The fourth-order valence-electron chi connectivity index (χ4n) is 2.57. The highest BCUT2D eigenvalue weighted by Crippen LogP contribution is 2.18. The predicted octanol–water partition coefficient (Wildman–Crippen LogP) is 0.816. The number of amides is 1. The summed E-state index contributed by atoms with van der Waals surface area (Å²) in [7, 11) is -3.07. The van der Waals surface area contributed by atoms with E-state index in [1.165, 1.54) is 6.21 Å². The molecule has 126 valence electrons.